The van der Waals surface area contributed by atoms with E-state index >= 15 is 0 Å². The van der Waals surface area contributed by atoms with Crippen molar-refractivity contribution in [3.63, 3.8) is 0 Å². The molecule has 116 valence electrons. The molecule has 8 heteroatoms. The van der Waals surface area contributed by atoms with Crippen LogP contribution < -0.4 is 5.14 Å². The van der Waals surface area contributed by atoms with Gasteiger partial charge in [-0.25, -0.2) is 22.3 Å². The van der Waals surface area contributed by atoms with Crippen molar-refractivity contribution >= 4 is 15.9 Å². The molecule has 0 bridgehead atoms. The second-order valence-electron chi connectivity index (χ2n) is 5.95. The summed E-state index contributed by atoms with van der Waals surface area (Å²) in [5.41, 5.74) is -0.576. The highest BCUT2D eigenvalue weighted by Gasteiger charge is 2.34. The molecule has 0 aromatic heterocycles. The van der Waals surface area contributed by atoms with Crippen LogP contribution in [0, 0.1) is 17.0 Å². The van der Waals surface area contributed by atoms with E-state index in [4.69, 9.17) is 5.14 Å². The maximum absolute atomic E-state index is 13.8. The van der Waals surface area contributed by atoms with Crippen LogP contribution in [0.3, 0.4) is 0 Å². The molecule has 0 aliphatic carbocycles. The summed E-state index contributed by atoms with van der Waals surface area (Å²) in [6, 6.07) is 1.03. The number of carbonyl (C=O) groups is 1. The molecule has 1 aliphatic heterocycles. The number of benzene rings is 1. The zero-order valence-corrected chi connectivity index (χ0v) is 12.5. The number of likely N-dealkylation sites (tertiary alicyclic amines) is 1. The Balaban J connectivity index is 2.43. The molecule has 0 saturated carbocycles. The van der Waals surface area contributed by atoms with Crippen LogP contribution in [-0.2, 0) is 10.0 Å². The lowest BCUT2D eigenvalue weighted by Gasteiger charge is -2.20. The molecule has 0 spiro atoms. The van der Waals surface area contributed by atoms with Gasteiger partial charge in [-0.2, -0.15) is 0 Å². The van der Waals surface area contributed by atoms with Crippen LogP contribution in [0.5, 0.6) is 0 Å². The Bertz CT molecular complexity index is 702. The molecule has 1 aromatic rings. The fraction of sp³-hybridized carbons (Fsp3) is 0.462. The van der Waals surface area contributed by atoms with Crippen molar-refractivity contribution in [3.05, 3.63) is 29.3 Å². The van der Waals surface area contributed by atoms with Crippen LogP contribution in [0.15, 0.2) is 17.0 Å². The van der Waals surface area contributed by atoms with Crippen molar-refractivity contribution in [2.45, 2.75) is 25.2 Å². The summed E-state index contributed by atoms with van der Waals surface area (Å²) < 4.78 is 49.8. The Morgan fingerprint density at radius 1 is 1.29 bits per heavy atom. The van der Waals surface area contributed by atoms with Gasteiger partial charge in [0.15, 0.2) is 0 Å². The normalized spacial score (nSPS) is 18.0. The molecule has 2 rings (SSSR count). The van der Waals surface area contributed by atoms with Gasteiger partial charge >= 0.3 is 0 Å². The minimum atomic E-state index is -4.37. The number of halogens is 2. The summed E-state index contributed by atoms with van der Waals surface area (Å²) in [6.07, 6.45) is 0.754. The van der Waals surface area contributed by atoms with Crippen molar-refractivity contribution in [2.75, 3.05) is 13.1 Å². The molecule has 5 nitrogen and oxygen atoms in total. The number of nitrogens with zero attached hydrogens (tertiary/aromatic N) is 1. The van der Waals surface area contributed by atoms with Crippen LogP contribution in [0.1, 0.15) is 30.6 Å². The highest BCUT2D eigenvalue weighted by molar-refractivity contribution is 7.89. The van der Waals surface area contributed by atoms with E-state index < -0.39 is 38.0 Å². The van der Waals surface area contributed by atoms with Crippen LogP contribution in [0.25, 0.3) is 0 Å². The van der Waals surface area contributed by atoms with E-state index in [1.807, 2.05) is 13.8 Å². The molecule has 1 amide bonds. The zero-order valence-electron chi connectivity index (χ0n) is 11.7. The lowest BCUT2D eigenvalue weighted by molar-refractivity contribution is 0.0773. The standard InChI is InChI=1S/C13H16F2N2O3S/c1-13(2)3-4-17(7-13)12(18)8-5-11(21(16,19)20)10(15)6-9(8)14/h5-6H,3-4,7H2,1-2H3,(H2,16,19,20). The van der Waals surface area contributed by atoms with Crippen LogP contribution in [0.2, 0.25) is 0 Å². The second-order valence-corrected chi connectivity index (χ2v) is 7.48. The Morgan fingerprint density at radius 2 is 1.90 bits per heavy atom. The van der Waals surface area contributed by atoms with E-state index in [1.54, 1.807) is 0 Å². The Kier molecular flexibility index (Phi) is 3.79. The number of hydrogen-bond acceptors (Lipinski definition) is 3. The van der Waals surface area contributed by atoms with Gasteiger partial charge in [0, 0.05) is 19.2 Å². The average molecular weight is 318 g/mol. The van der Waals surface area contributed by atoms with Crippen molar-refractivity contribution < 1.29 is 22.0 Å². The third kappa shape index (κ3) is 3.21. The smallest absolute Gasteiger partial charge is 0.256 e. The van der Waals surface area contributed by atoms with E-state index in [0.717, 1.165) is 6.42 Å². The molecular weight excluding hydrogens is 302 g/mol. The van der Waals surface area contributed by atoms with Crippen molar-refractivity contribution in [3.8, 4) is 0 Å². The Morgan fingerprint density at radius 3 is 2.38 bits per heavy atom. The van der Waals surface area contributed by atoms with E-state index in [0.29, 0.717) is 25.2 Å². The minimum Gasteiger partial charge on any atom is -0.338 e. The van der Waals surface area contributed by atoms with Gasteiger partial charge in [0.2, 0.25) is 10.0 Å². The highest BCUT2D eigenvalue weighted by atomic mass is 32.2. The van der Waals surface area contributed by atoms with Gasteiger partial charge in [-0.1, -0.05) is 13.8 Å². The lowest BCUT2D eigenvalue weighted by atomic mass is 9.93. The number of primary sulfonamides is 1. The number of amides is 1. The number of carbonyl (C=O) groups excluding carboxylic acids is 1. The summed E-state index contributed by atoms with van der Waals surface area (Å²) in [5, 5.41) is 4.86. The Hall–Kier alpha value is -1.54. The third-order valence-corrected chi connectivity index (χ3v) is 4.45. The predicted octanol–water partition coefficient (Wildman–Crippen LogP) is 1.48. The molecule has 0 radical (unpaired) electrons. The van der Waals surface area contributed by atoms with Gasteiger partial charge in [-0.05, 0) is 17.9 Å². The second kappa shape index (κ2) is 5.03. The summed E-state index contributed by atoms with van der Waals surface area (Å²) in [7, 11) is -4.37. The first-order valence-electron chi connectivity index (χ1n) is 6.32. The molecule has 1 fully saturated rings. The largest absolute Gasteiger partial charge is 0.338 e. The first kappa shape index (κ1) is 15.8. The minimum absolute atomic E-state index is 0.0884. The topological polar surface area (TPSA) is 80.5 Å². The highest BCUT2D eigenvalue weighted by Crippen LogP contribution is 2.30. The average Bonchev–Trinajstić information content (AvgIpc) is 2.67. The SMILES string of the molecule is CC1(C)CCN(C(=O)c2cc(S(N)(=O)=O)c(F)cc2F)C1. The maximum atomic E-state index is 13.8. The Labute approximate surface area is 121 Å². The third-order valence-electron chi connectivity index (χ3n) is 3.52. The van der Waals surface area contributed by atoms with E-state index in [9.17, 15) is 22.0 Å². The predicted molar refractivity (Wildman–Crippen MR) is 72.0 cm³/mol. The monoisotopic (exact) mass is 318 g/mol. The molecule has 1 aromatic carbocycles. The van der Waals surface area contributed by atoms with Gasteiger partial charge in [0.05, 0.1) is 5.56 Å². The molecule has 1 aliphatic rings. The number of sulfonamides is 1. The number of hydrogen-bond donors (Lipinski definition) is 1. The molecule has 1 heterocycles. The van der Waals surface area contributed by atoms with Gasteiger partial charge in [-0.15, -0.1) is 0 Å². The van der Waals surface area contributed by atoms with Crippen LogP contribution >= 0.6 is 0 Å². The molecule has 21 heavy (non-hydrogen) atoms. The summed E-state index contributed by atoms with van der Waals surface area (Å²) >= 11 is 0. The van der Waals surface area contributed by atoms with Crippen LogP contribution in [-0.4, -0.2) is 32.3 Å². The van der Waals surface area contributed by atoms with Crippen molar-refractivity contribution in [1.29, 1.82) is 0 Å². The van der Waals surface area contributed by atoms with Crippen molar-refractivity contribution in [1.82, 2.24) is 4.90 Å². The van der Waals surface area contributed by atoms with Gasteiger partial charge in [-0.3, -0.25) is 4.79 Å². The molecule has 2 N–H and O–H groups in total. The maximum Gasteiger partial charge on any atom is 0.256 e. The fourth-order valence-corrected chi connectivity index (χ4v) is 2.98. The molecule has 1 saturated heterocycles. The lowest BCUT2D eigenvalue weighted by Crippen LogP contribution is -2.31. The van der Waals surface area contributed by atoms with Gasteiger partial charge in [0.25, 0.3) is 5.91 Å². The number of rotatable bonds is 2. The fourth-order valence-electron chi connectivity index (χ4n) is 2.37. The van der Waals surface area contributed by atoms with Gasteiger partial charge < -0.3 is 4.90 Å². The van der Waals surface area contributed by atoms with E-state index in [-0.39, 0.29) is 5.41 Å². The van der Waals surface area contributed by atoms with Crippen LogP contribution in [0.4, 0.5) is 8.78 Å². The van der Waals surface area contributed by atoms with E-state index in [2.05, 4.69) is 0 Å². The first-order valence-corrected chi connectivity index (χ1v) is 7.87. The van der Waals surface area contributed by atoms with Crippen molar-refractivity contribution in [2.24, 2.45) is 10.6 Å². The summed E-state index contributed by atoms with van der Waals surface area (Å²) in [6.45, 7) is 4.80. The molecular formula is C13H16F2N2O3S. The quantitative estimate of drug-likeness (QED) is 0.897. The van der Waals surface area contributed by atoms with Gasteiger partial charge in [0.1, 0.15) is 16.5 Å². The summed E-state index contributed by atoms with van der Waals surface area (Å²) in [5.74, 6) is -3.08. The molecule has 0 atom stereocenters. The van der Waals surface area contributed by atoms with E-state index in [1.165, 1.54) is 4.90 Å². The molecule has 0 unspecified atom stereocenters. The first-order chi connectivity index (χ1) is 9.51. The summed E-state index contributed by atoms with van der Waals surface area (Å²) in [4.78, 5) is 12.8. The number of nitrogens with two attached hydrogens (primary N) is 1. The zero-order chi connectivity index (χ0) is 16.0.